The molecule has 1 fully saturated rings. The molecule has 0 heterocycles. The largest absolute Gasteiger partial charge is 0.310 e. The van der Waals surface area contributed by atoms with Crippen LogP contribution in [0.25, 0.3) is 0 Å². The smallest absolute Gasteiger partial charge is 0.0219 e. The maximum absolute atomic E-state index is 3.59. The van der Waals surface area contributed by atoms with Crippen LogP contribution in [0.4, 0.5) is 0 Å². The zero-order chi connectivity index (χ0) is 12.2. The summed E-state index contributed by atoms with van der Waals surface area (Å²) in [5.41, 5.74) is 1.40. The molecular weight excluding hydrogens is 238 g/mol. The molecule has 0 atom stereocenters. The predicted molar refractivity (Wildman–Crippen MR) is 76.9 cm³/mol. The standard InChI is InChI=1S/C16H17NS/c1-2-7-15(8-3-1)18-16-9-5-4-6-13(16)12-17-14-10-11-14/h1-9,14,17H,10-12H2. The van der Waals surface area contributed by atoms with E-state index in [2.05, 4.69) is 59.9 Å². The molecule has 2 aromatic rings. The van der Waals surface area contributed by atoms with Gasteiger partial charge in [-0.05, 0) is 36.6 Å². The van der Waals surface area contributed by atoms with E-state index in [9.17, 15) is 0 Å². The molecule has 0 radical (unpaired) electrons. The van der Waals surface area contributed by atoms with E-state index >= 15 is 0 Å². The van der Waals surface area contributed by atoms with Gasteiger partial charge in [0.05, 0.1) is 0 Å². The molecule has 3 rings (SSSR count). The minimum absolute atomic E-state index is 0.764. The fourth-order valence-electron chi connectivity index (χ4n) is 1.91. The van der Waals surface area contributed by atoms with Crippen molar-refractivity contribution in [3.05, 3.63) is 60.2 Å². The molecule has 0 bridgehead atoms. The van der Waals surface area contributed by atoms with Crippen molar-refractivity contribution in [1.82, 2.24) is 5.32 Å². The highest BCUT2D eigenvalue weighted by Gasteiger charge is 2.20. The van der Waals surface area contributed by atoms with Crippen LogP contribution in [-0.4, -0.2) is 6.04 Å². The molecule has 0 aliphatic heterocycles. The molecule has 1 aliphatic rings. The lowest BCUT2D eigenvalue weighted by molar-refractivity contribution is 0.680. The Kier molecular flexibility index (Phi) is 3.67. The first-order valence-corrected chi connectivity index (χ1v) is 7.28. The molecule has 2 heteroatoms. The lowest BCUT2D eigenvalue weighted by Gasteiger charge is -2.09. The lowest BCUT2D eigenvalue weighted by Crippen LogP contribution is -2.15. The third-order valence-corrected chi connectivity index (χ3v) is 4.23. The van der Waals surface area contributed by atoms with Crippen LogP contribution in [0.15, 0.2) is 64.4 Å². The van der Waals surface area contributed by atoms with Crippen molar-refractivity contribution in [3.8, 4) is 0 Å². The third kappa shape index (κ3) is 3.15. The Hall–Kier alpha value is -1.25. The number of rotatable bonds is 5. The van der Waals surface area contributed by atoms with E-state index in [1.165, 1.54) is 28.2 Å². The van der Waals surface area contributed by atoms with Crippen molar-refractivity contribution < 1.29 is 0 Å². The van der Waals surface area contributed by atoms with E-state index in [0.717, 1.165) is 12.6 Å². The van der Waals surface area contributed by atoms with Gasteiger partial charge < -0.3 is 5.32 Å². The molecule has 18 heavy (non-hydrogen) atoms. The van der Waals surface area contributed by atoms with Gasteiger partial charge in [-0.25, -0.2) is 0 Å². The van der Waals surface area contributed by atoms with Crippen molar-refractivity contribution in [2.45, 2.75) is 35.2 Å². The molecule has 0 amide bonds. The first kappa shape index (κ1) is 11.8. The molecule has 0 unspecified atom stereocenters. The second kappa shape index (κ2) is 5.59. The highest BCUT2D eigenvalue weighted by atomic mass is 32.2. The minimum atomic E-state index is 0.764. The van der Waals surface area contributed by atoms with Gasteiger partial charge in [0.2, 0.25) is 0 Å². The summed E-state index contributed by atoms with van der Waals surface area (Å²) in [7, 11) is 0. The summed E-state index contributed by atoms with van der Waals surface area (Å²) in [5, 5.41) is 3.59. The summed E-state index contributed by atoms with van der Waals surface area (Å²) in [6, 6.07) is 20.0. The Morgan fingerprint density at radius 2 is 1.67 bits per heavy atom. The highest BCUT2D eigenvalue weighted by molar-refractivity contribution is 7.99. The number of benzene rings is 2. The molecule has 2 aromatic carbocycles. The monoisotopic (exact) mass is 255 g/mol. The second-order valence-corrected chi connectivity index (χ2v) is 5.79. The van der Waals surface area contributed by atoms with Gasteiger partial charge in [-0.3, -0.25) is 0 Å². The Morgan fingerprint density at radius 1 is 0.944 bits per heavy atom. The van der Waals surface area contributed by atoms with E-state index in [-0.39, 0.29) is 0 Å². The Morgan fingerprint density at radius 3 is 2.44 bits per heavy atom. The third-order valence-electron chi connectivity index (χ3n) is 3.10. The first-order chi connectivity index (χ1) is 8.92. The van der Waals surface area contributed by atoms with E-state index in [1.54, 1.807) is 0 Å². The summed E-state index contributed by atoms with van der Waals surface area (Å²) in [4.78, 5) is 2.66. The van der Waals surface area contributed by atoms with Crippen molar-refractivity contribution in [1.29, 1.82) is 0 Å². The number of hydrogen-bond acceptors (Lipinski definition) is 2. The predicted octanol–water partition coefficient (Wildman–Crippen LogP) is 4.09. The van der Waals surface area contributed by atoms with E-state index in [4.69, 9.17) is 0 Å². The average molecular weight is 255 g/mol. The van der Waals surface area contributed by atoms with Gasteiger partial charge >= 0.3 is 0 Å². The van der Waals surface area contributed by atoms with Crippen LogP contribution in [0.2, 0.25) is 0 Å². The van der Waals surface area contributed by atoms with Crippen LogP contribution < -0.4 is 5.32 Å². The van der Waals surface area contributed by atoms with Gasteiger partial charge in [-0.2, -0.15) is 0 Å². The maximum Gasteiger partial charge on any atom is 0.0219 e. The maximum atomic E-state index is 3.59. The topological polar surface area (TPSA) is 12.0 Å². The van der Waals surface area contributed by atoms with Crippen LogP contribution in [-0.2, 0) is 6.54 Å². The second-order valence-electron chi connectivity index (χ2n) is 4.68. The van der Waals surface area contributed by atoms with Gasteiger partial charge in [0.1, 0.15) is 0 Å². The van der Waals surface area contributed by atoms with Crippen LogP contribution >= 0.6 is 11.8 Å². The van der Waals surface area contributed by atoms with Crippen molar-refractivity contribution >= 4 is 11.8 Å². The molecule has 1 nitrogen and oxygen atoms in total. The van der Waals surface area contributed by atoms with Crippen LogP contribution in [0.3, 0.4) is 0 Å². The molecule has 1 aliphatic carbocycles. The molecule has 1 N–H and O–H groups in total. The van der Waals surface area contributed by atoms with Crippen LogP contribution in [0.1, 0.15) is 18.4 Å². The average Bonchev–Trinajstić information content (AvgIpc) is 3.23. The van der Waals surface area contributed by atoms with Gasteiger partial charge in [0, 0.05) is 22.4 Å². The Bertz CT molecular complexity index is 506. The Labute approximate surface area is 113 Å². The molecule has 0 saturated heterocycles. The van der Waals surface area contributed by atoms with Crippen molar-refractivity contribution in [3.63, 3.8) is 0 Å². The van der Waals surface area contributed by atoms with Crippen LogP contribution in [0, 0.1) is 0 Å². The molecule has 1 saturated carbocycles. The number of hydrogen-bond donors (Lipinski definition) is 1. The normalized spacial score (nSPS) is 14.7. The van der Waals surface area contributed by atoms with Gasteiger partial charge in [-0.1, -0.05) is 48.2 Å². The molecule has 0 aromatic heterocycles. The van der Waals surface area contributed by atoms with Gasteiger partial charge in [0.15, 0.2) is 0 Å². The lowest BCUT2D eigenvalue weighted by atomic mass is 10.2. The van der Waals surface area contributed by atoms with E-state index < -0.39 is 0 Å². The minimum Gasteiger partial charge on any atom is -0.310 e. The zero-order valence-corrected chi connectivity index (χ0v) is 11.1. The summed E-state index contributed by atoms with van der Waals surface area (Å²) in [6.45, 7) is 0.987. The molecule has 0 spiro atoms. The van der Waals surface area contributed by atoms with Gasteiger partial charge in [0.25, 0.3) is 0 Å². The molecule has 92 valence electrons. The molecular formula is C16H17NS. The quantitative estimate of drug-likeness (QED) is 0.863. The van der Waals surface area contributed by atoms with Gasteiger partial charge in [-0.15, -0.1) is 0 Å². The van der Waals surface area contributed by atoms with E-state index in [1.807, 2.05) is 11.8 Å². The SMILES string of the molecule is c1ccc(Sc2ccccc2CNC2CC2)cc1. The van der Waals surface area contributed by atoms with Crippen molar-refractivity contribution in [2.75, 3.05) is 0 Å². The number of nitrogens with one attached hydrogen (secondary N) is 1. The summed E-state index contributed by atoms with van der Waals surface area (Å²) in [5.74, 6) is 0. The van der Waals surface area contributed by atoms with Crippen molar-refractivity contribution in [2.24, 2.45) is 0 Å². The fourth-order valence-corrected chi connectivity index (χ4v) is 2.87. The zero-order valence-electron chi connectivity index (χ0n) is 10.3. The fraction of sp³-hybridized carbons (Fsp3) is 0.250. The summed E-state index contributed by atoms with van der Waals surface area (Å²) < 4.78 is 0. The van der Waals surface area contributed by atoms with E-state index in [0.29, 0.717) is 0 Å². The van der Waals surface area contributed by atoms with Crippen LogP contribution in [0.5, 0.6) is 0 Å². The summed E-state index contributed by atoms with van der Waals surface area (Å²) >= 11 is 1.85. The highest BCUT2D eigenvalue weighted by Crippen LogP contribution is 2.30. The first-order valence-electron chi connectivity index (χ1n) is 6.46. The Balaban J connectivity index is 1.73. The summed E-state index contributed by atoms with van der Waals surface area (Å²) in [6.07, 6.45) is 2.68.